The van der Waals surface area contributed by atoms with Crippen molar-refractivity contribution >= 4 is 35.2 Å². The van der Waals surface area contributed by atoms with Crippen LogP contribution in [-0.2, 0) is 11.3 Å². The van der Waals surface area contributed by atoms with Gasteiger partial charge in [0.25, 0.3) is 11.8 Å². The molecule has 2 amide bonds. The summed E-state index contributed by atoms with van der Waals surface area (Å²) >= 11 is 6.04. The van der Waals surface area contributed by atoms with Gasteiger partial charge in [0.2, 0.25) is 0 Å². The Hall–Kier alpha value is -3.61. The third-order valence-corrected chi connectivity index (χ3v) is 7.94. The molecule has 0 aromatic heterocycles. The highest BCUT2D eigenvalue weighted by molar-refractivity contribution is 6.30. The number of benzene rings is 3. The van der Waals surface area contributed by atoms with E-state index in [2.05, 4.69) is 17.1 Å². The molecule has 7 heteroatoms. The predicted octanol–water partition coefficient (Wildman–Crippen LogP) is 6.69. The van der Waals surface area contributed by atoms with Gasteiger partial charge in [0.1, 0.15) is 0 Å². The molecule has 3 aromatic carbocycles. The fourth-order valence-electron chi connectivity index (χ4n) is 5.48. The third kappa shape index (κ3) is 6.75. The Kier molecular flexibility index (Phi) is 9.19. The second-order valence-electron chi connectivity index (χ2n) is 10.4. The van der Waals surface area contributed by atoms with Crippen LogP contribution >= 0.6 is 11.6 Å². The van der Waals surface area contributed by atoms with Gasteiger partial charge in [-0.2, -0.15) is 0 Å². The number of carbonyl (C=O) groups excluding carboxylic acids is 2. The number of amides is 2. The SMILES string of the molecule is CC[C@@H]1CCCCN1CCCNC(=O)c1ccc(/C=C2\Oc3ccccc3N(Cc3ccc(Cl)cc3)C2=O)cc1. The van der Waals surface area contributed by atoms with Crippen LogP contribution in [0.4, 0.5) is 5.69 Å². The molecule has 0 saturated carbocycles. The van der Waals surface area contributed by atoms with E-state index in [0.29, 0.717) is 35.5 Å². The van der Waals surface area contributed by atoms with Crippen LogP contribution in [-0.4, -0.2) is 42.4 Å². The first kappa shape index (κ1) is 27.9. The first-order chi connectivity index (χ1) is 19.5. The molecule has 2 heterocycles. The molecular weight excluding hydrogens is 522 g/mol. The maximum atomic E-state index is 13.5. The number of carbonyl (C=O) groups is 2. The van der Waals surface area contributed by atoms with E-state index in [4.69, 9.17) is 16.3 Å². The van der Waals surface area contributed by atoms with Crippen LogP contribution in [0, 0.1) is 0 Å². The van der Waals surface area contributed by atoms with E-state index in [1.54, 1.807) is 23.1 Å². The average Bonchev–Trinajstić information content (AvgIpc) is 2.99. The Labute approximate surface area is 241 Å². The molecule has 0 bridgehead atoms. The molecule has 1 atom stereocenters. The van der Waals surface area contributed by atoms with Gasteiger partial charge in [0, 0.05) is 29.7 Å². The number of hydrogen-bond donors (Lipinski definition) is 1. The summed E-state index contributed by atoms with van der Waals surface area (Å²) in [6.45, 7) is 5.50. The van der Waals surface area contributed by atoms with E-state index in [9.17, 15) is 9.59 Å². The first-order valence-corrected chi connectivity index (χ1v) is 14.6. The monoisotopic (exact) mass is 557 g/mol. The number of nitrogens with zero attached hydrogens (tertiary/aromatic N) is 2. The van der Waals surface area contributed by atoms with Gasteiger partial charge in [0.05, 0.1) is 12.2 Å². The number of ether oxygens (including phenoxy) is 1. The Morgan fingerprint density at radius 2 is 1.82 bits per heavy atom. The topological polar surface area (TPSA) is 61.9 Å². The number of anilines is 1. The van der Waals surface area contributed by atoms with Crippen LogP contribution in [0.1, 0.15) is 60.5 Å². The molecule has 0 radical (unpaired) electrons. The zero-order valence-electron chi connectivity index (χ0n) is 22.9. The summed E-state index contributed by atoms with van der Waals surface area (Å²) < 4.78 is 6.01. The Morgan fingerprint density at radius 1 is 1.05 bits per heavy atom. The largest absolute Gasteiger partial charge is 0.449 e. The van der Waals surface area contributed by atoms with Gasteiger partial charge >= 0.3 is 0 Å². The van der Waals surface area contributed by atoms with Crippen molar-refractivity contribution in [1.29, 1.82) is 0 Å². The van der Waals surface area contributed by atoms with Crippen molar-refractivity contribution in [2.75, 3.05) is 24.5 Å². The molecule has 1 N–H and O–H groups in total. The Balaban J connectivity index is 1.21. The number of nitrogens with one attached hydrogen (secondary N) is 1. The third-order valence-electron chi connectivity index (χ3n) is 7.68. The van der Waals surface area contributed by atoms with E-state index >= 15 is 0 Å². The normalized spacial score (nSPS) is 18.4. The summed E-state index contributed by atoms with van der Waals surface area (Å²) in [6, 6.07) is 22.9. The number of fused-ring (bicyclic) bond motifs is 1. The molecule has 0 aliphatic carbocycles. The van der Waals surface area contributed by atoms with E-state index in [-0.39, 0.29) is 17.6 Å². The van der Waals surface area contributed by atoms with Crippen molar-refractivity contribution in [1.82, 2.24) is 10.2 Å². The smallest absolute Gasteiger partial charge is 0.294 e. The lowest BCUT2D eigenvalue weighted by molar-refractivity contribution is -0.117. The van der Waals surface area contributed by atoms with Gasteiger partial charge in [-0.25, -0.2) is 0 Å². The van der Waals surface area contributed by atoms with Gasteiger partial charge in [0.15, 0.2) is 11.5 Å². The maximum Gasteiger partial charge on any atom is 0.294 e. The van der Waals surface area contributed by atoms with Crippen LogP contribution in [0.25, 0.3) is 6.08 Å². The Bertz CT molecular complexity index is 1350. The standard InChI is InChI=1S/C33H36ClN3O3/c1-2-28-8-5-6-20-36(28)21-7-19-35-32(38)26-15-11-24(12-16-26)22-31-33(39)37(23-25-13-17-27(34)18-14-25)29-9-3-4-10-30(29)40-31/h3-4,9-18,22,28H,2,5-8,19-21,23H2,1H3,(H,35,38)/b31-22-/t28-/m1/s1. The first-order valence-electron chi connectivity index (χ1n) is 14.2. The lowest BCUT2D eigenvalue weighted by atomic mass is 10.00. The van der Waals surface area contributed by atoms with Gasteiger partial charge in [-0.05, 0) is 85.8 Å². The second-order valence-corrected chi connectivity index (χ2v) is 10.9. The van der Waals surface area contributed by atoms with Crippen molar-refractivity contribution < 1.29 is 14.3 Å². The summed E-state index contributed by atoms with van der Waals surface area (Å²) in [5, 5.41) is 3.70. The minimum Gasteiger partial charge on any atom is -0.449 e. The van der Waals surface area contributed by atoms with E-state index < -0.39 is 0 Å². The number of piperidine rings is 1. The highest BCUT2D eigenvalue weighted by Crippen LogP contribution is 2.36. The highest BCUT2D eigenvalue weighted by atomic mass is 35.5. The van der Waals surface area contributed by atoms with E-state index in [1.807, 2.05) is 60.7 Å². The lowest BCUT2D eigenvalue weighted by Gasteiger charge is -2.35. The van der Waals surface area contributed by atoms with Crippen molar-refractivity contribution in [3.05, 3.63) is 100 Å². The minimum atomic E-state index is -0.227. The Morgan fingerprint density at radius 3 is 2.60 bits per heavy atom. The predicted molar refractivity (Wildman–Crippen MR) is 161 cm³/mol. The number of hydrogen-bond acceptors (Lipinski definition) is 4. The number of halogens is 1. The van der Waals surface area contributed by atoms with E-state index in [0.717, 1.165) is 29.8 Å². The fourth-order valence-corrected chi connectivity index (χ4v) is 5.60. The molecule has 6 nitrogen and oxygen atoms in total. The van der Waals surface area contributed by atoms with Crippen molar-refractivity contribution in [3.8, 4) is 5.75 Å². The minimum absolute atomic E-state index is 0.0852. The molecule has 1 fully saturated rings. The van der Waals surface area contributed by atoms with Crippen LogP contribution in [0.15, 0.2) is 78.6 Å². The van der Waals surface area contributed by atoms with Crippen molar-refractivity contribution in [3.63, 3.8) is 0 Å². The average molecular weight is 558 g/mol. The summed E-state index contributed by atoms with van der Waals surface area (Å²) in [7, 11) is 0. The molecule has 0 unspecified atom stereocenters. The van der Waals surface area contributed by atoms with Crippen molar-refractivity contribution in [2.45, 2.75) is 51.6 Å². The maximum absolute atomic E-state index is 13.5. The fraction of sp³-hybridized carbons (Fsp3) is 0.333. The van der Waals surface area contributed by atoms with Crippen molar-refractivity contribution in [2.24, 2.45) is 0 Å². The molecule has 3 aromatic rings. The van der Waals surface area contributed by atoms with Gasteiger partial charge in [-0.1, -0.05) is 61.3 Å². The summed E-state index contributed by atoms with van der Waals surface area (Å²) in [4.78, 5) is 30.5. The summed E-state index contributed by atoms with van der Waals surface area (Å²) in [5.74, 6) is 0.536. The van der Waals surface area contributed by atoms with Gasteiger partial charge in [-0.15, -0.1) is 0 Å². The zero-order valence-corrected chi connectivity index (χ0v) is 23.7. The molecule has 208 valence electrons. The van der Waals surface area contributed by atoms with E-state index in [1.165, 1.54) is 32.2 Å². The van der Waals surface area contributed by atoms with Gasteiger partial charge in [-0.3, -0.25) is 14.5 Å². The molecule has 2 aliphatic heterocycles. The highest BCUT2D eigenvalue weighted by Gasteiger charge is 2.30. The van der Waals surface area contributed by atoms with Crippen LogP contribution < -0.4 is 15.0 Å². The molecule has 5 rings (SSSR count). The van der Waals surface area contributed by atoms with Crippen LogP contribution in [0.3, 0.4) is 0 Å². The summed E-state index contributed by atoms with van der Waals surface area (Å²) in [5.41, 5.74) is 3.06. The number of likely N-dealkylation sites (tertiary alicyclic amines) is 1. The lowest BCUT2D eigenvalue weighted by Crippen LogP contribution is -2.40. The zero-order chi connectivity index (χ0) is 27.9. The van der Waals surface area contributed by atoms with Gasteiger partial charge < -0.3 is 15.0 Å². The number of para-hydroxylation sites is 2. The van der Waals surface area contributed by atoms with Crippen LogP contribution in [0.2, 0.25) is 5.02 Å². The molecule has 2 aliphatic rings. The second kappa shape index (κ2) is 13.2. The molecule has 40 heavy (non-hydrogen) atoms. The van der Waals surface area contributed by atoms with Crippen LogP contribution in [0.5, 0.6) is 5.75 Å². The number of rotatable bonds is 9. The molecule has 1 saturated heterocycles. The molecular formula is C33H36ClN3O3. The molecule has 0 spiro atoms. The quantitative estimate of drug-likeness (QED) is 0.235. The summed E-state index contributed by atoms with van der Waals surface area (Å²) in [6.07, 6.45) is 7.74.